The molecule has 2 aliphatic heterocycles. The lowest BCUT2D eigenvalue weighted by molar-refractivity contribution is 0.0544. The van der Waals surface area contributed by atoms with Crippen molar-refractivity contribution in [3.8, 4) is 11.5 Å². The summed E-state index contributed by atoms with van der Waals surface area (Å²) in [5.41, 5.74) is 8.79. The van der Waals surface area contributed by atoms with Crippen LogP contribution >= 0.6 is 0 Å². The molecule has 4 rings (SSSR count). The fourth-order valence-electron chi connectivity index (χ4n) is 4.29. The monoisotopic (exact) mass is 424 g/mol. The molecule has 2 N–H and O–H groups in total. The second kappa shape index (κ2) is 10.1. The van der Waals surface area contributed by atoms with Crippen LogP contribution in [-0.4, -0.2) is 61.3 Å². The fraction of sp³-hybridized carbons (Fsp3) is 0.458. The number of rotatable bonds is 7. The quantitative estimate of drug-likeness (QED) is 0.713. The largest absolute Gasteiger partial charge is 0.490 e. The first-order valence-corrected chi connectivity index (χ1v) is 11.2. The Kier molecular flexibility index (Phi) is 7.06. The number of ether oxygens (including phenoxy) is 2. The van der Waals surface area contributed by atoms with Crippen LogP contribution < -0.4 is 20.3 Å². The van der Waals surface area contributed by atoms with Gasteiger partial charge in [-0.2, -0.15) is 0 Å². The van der Waals surface area contributed by atoms with Crippen LogP contribution in [0.5, 0.6) is 11.5 Å². The summed E-state index contributed by atoms with van der Waals surface area (Å²) in [7, 11) is 0. The lowest BCUT2D eigenvalue weighted by atomic mass is 10.0. The molecule has 31 heavy (non-hydrogen) atoms. The molecule has 0 saturated carbocycles. The summed E-state index contributed by atoms with van der Waals surface area (Å²) < 4.78 is 11.3. The van der Waals surface area contributed by atoms with Gasteiger partial charge in [0.05, 0.1) is 19.4 Å². The maximum Gasteiger partial charge on any atom is 0.254 e. The topological polar surface area (TPSA) is 66.1 Å². The molecule has 1 amide bonds. The first kappa shape index (κ1) is 21.6. The fourth-order valence-corrected chi connectivity index (χ4v) is 4.29. The Morgan fingerprint density at radius 1 is 0.935 bits per heavy atom. The summed E-state index contributed by atoms with van der Waals surface area (Å²) in [6.45, 7) is 8.08. The van der Waals surface area contributed by atoms with E-state index < -0.39 is 0 Å². The Bertz CT molecular complexity index is 868. The SMILES string of the molecule is CCOc1ccc(C(=O)N2CCN(C3CC(c4ccccc4)NN3)CC2)cc1OCC. The zero-order valence-corrected chi connectivity index (χ0v) is 18.3. The normalized spacial score (nSPS) is 21.8. The Balaban J connectivity index is 1.33. The van der Waals surface area contributed by atoms with Gasteiger partial charge >= 0.3 is 0 Å². The zero-order valence-electron chi connectivity index (χ0n) is 18.3. The summed E-state index contributed by atoms with van der Waals surface area (Å²) >= 11 is 0. The minimum atomic E-state index is 0.0447. The van der Waals surface area contributed by atoms with Crippen molar-refractivity contribution in [3.63, 3.8) is 0 Å². The lowest BCUT2D eigenvalue weighted by Crippen LogP contribution is -2.55. The second-order valence-corrected chi connectivity index (χ2v) is 7.86. The Morgan fingerprint density at radius 3 is 2.35 bits per heavy atom. The molecule has 2 aromatic rings. The van der Waals surface area contributed by atoms with E-state index in [2.05, 4.69) is 40.0 Å². The van der Waals surface area contributed by atoms with E-state index in [4.69, 9.17) is 9.47 Å². The van der Waals surface area contributed by atoms with Crippen molar-refractivity contribution in [2.75, 3.05) is 39.4 Å². The number of piperazine rings is 1. The molecule has 2 aromatic carbocycles. The van der Waals surface area contributed by atoms with Crippen molar-refractivity contribution in [1.82, 2.24) is 20.7 Å². The standard InChI is InChI=1S/C24H32N4O3/c1-3-30-21-11-10-19(16-22(21)31-4-2)24(29)28-14-12-27(13-15-28)23-17-20(25-26-23)18-8-6-5-7-9-18/h5-11,16,20,23,25-26H,3-4,12-15,17H2,1-2H3. The van der Waals surface area contributed by atoms with Gasteiger partial charge in [-0.05, 0) is 44.0 Å². The van der Waals surface area contributed by atoms with E-state index in [1.54, 1.807) is 6.07 Å². The van der Waals surface area contributed by atoms with E-state index >= 15 is 0 Å². The van der Waals surface area contributed by atoms with Gasteiger partial charge in [0.15, 0.2) is 11.5 Å². The van der Waals surface area contributed by atoms with Gasteiger partial charge in [-0.25, -0.2) is 10.9 Å². The summed E-state index contributed by atoms with van der Waals surface area (Å²) in [6, 6.07) is 16.3. The molecule has 0 aromatic heterocycles. The Hall–Kier alpha value is -2.61. The highest BCUT2D eigenvalue weighted by Gasteiger charge is 2.32. The van der Waals surface area contributed by atoms with Gasteiger partial charge < -0.3 is 14.4 Å². The number of nitrogens with zero attached hydrogens (tertiary/aromatic N) is 2. The summed E-state index contributed by atoms with van der Waals surface area (Å²) in [5, 5.41) is 0. The molecule has 0 aliphatic carbocycles. The van der Waals surface area contributed by atoms with Gasteiger partial charge in [-0.3, -0.25) is 9.69 Å². The van der Waals surface area contributed by atoms with Crippen LogP contribution in [0.2, 0.25) is 0 Å². The van der Waals surface area contributed by atoms with E-state index in [0.717, 1.165) is 19.5 Å². The molecule has 7 heteroatoms. The van der Waals surface area contributed by atoms with Crippen molar-refractivity contribution >= 4 is 5.91 Å². The number of carbonyl (C=O) groups is 1. The molecule has 0 spiro atoms. The first-order chi connectivity index (χ1) is 15.2. The molecule has 7 nitrogen and oxygen atoms in total. The van der Waals surface area contributed by atoms with Crippen molar-refractivity contribution in [2.45, 2.75) is 32.5 Å². The third kappa shape index (κ3) is 5.01. The molecular weight excluding hydrogens is 392 g/mol. The lowest BCUT2D eigenvalue weighted by Gasteiger charge is -2.37. The van der Waals surface area contributed by atoms with Crippen LogP contribution in [0.25, 0.3) is 0 Å². The smallest absolute Gasteiger partial charge is 0.254 e. The highest BCUT2D eigenvalue weighted by molar-refractivity contribution is 5.95. The van der Waals surface area contributed by atoms with Crippen molar-refractivity contribution < 1.29 is 14.3 Å². The zero-order chi connectivity index (χ0) is 21.6. The van der Waals surface area contributed by atoms with Gasteiger partial charge in [0.25, 0.3) is 5.91 Å². The van der Waals surface area contributed by atoms with E-state index in [9.17, 15) is 4.79 Å². The van der Waals surface area contributed by atoms with Crippen LogP contribution in [0.15, 0.2) is 48.5 Å². The Labute approximate surface area is 184 Å². The molecule has 2 aliphatic rings. The number of hydrogen-bond acceptors (Lipinski definition) is 6. The third-order valence-electron chi connectivity index (χ3n) is 5.92. The highest BCUT2D eigenvalue weighted by Crippen LogP contribution is 2.29. The van der Waals surface area contributed by atoms with Gasteiger partial charge in [-0.15, -0.1) is 0 Å². The molecular formula is C24H32N4O3. The molecule has 2 atom stereocenters. The number of hydrazine groups is 1. The van der Waals surface area contributed by atoms with Crippen molar-refractivity contribution in [1.29, 1.82) is 0 Å². The van der Waals surface area contributed by atoms with E-state index in [1.807, 2.05) is 36.9 Å². The molecule has 2 unspecified atom stereocenters. The summed E-state index contributed by atoms with van der Waals surface area (Å²) in [5.74, 6) is 1.35. The molecule has 2 fully saturated rings. The van der Waals surface area contributed by atoms with E-state index in [1.165, 1.54) is 5.56 Å². The van der Waals surface area contributed by atoms with Crippen molar-refractivity contribution in [3.05, 3.63) is 59.7 Å². The number of carbonyl (C=O) groups excluding carboxylic acids is 1. The van der Waals surface area contributed by atoms with E-state index in [0.29, 0.717) is 49.4 Å². The van der Waals surface area contributed by atoms with Crippen LogP contribution in [0.1, 0.15) is 42.2 Å². The molecule has 166 valence electrons. The number of amides is 1. The summed E-state index contributed by atoms with van der Waals surface area (Å²) in [4.78, 5) is 17.4. The number of benzene rings is 2. The second-order valence-electron chi connectivity index (χ2n) is 7.86. The highest BCUT2D eigenvalue weighted by atomic mass is 16.5. The average Bonchev–Trinajstić information content (AvgIpc) is 3.31. The third-order valence-corrected chi connectivity index (χ3v) is 5.92. The molecule has 2 saturated heterocycles. The van der Waals surface area contributed by atoms with Crippen LogP contribution in [0, 0.1) is 0 Å². The Morgan fingerprint density at radius 2 is 1.65 bits per heavy atom. The predicted molar refractivity (Wildman–Crippen MR) is 120 cm³/mol. The van der Waals surface area contributed by atoms with E-state index in [-0.39, 0.29) is 12.1 Å². The van der Waals surface area contributed by atoms with Gasteiger partial charge in [0.2, 0.25) is 0 Å². The minimum Gasteiger partial charge on any atom is -0.490 e. The van der Waals surface area contributed by atoms with Crippen LogP contribution in [0.3, 0.4) is 0 Å². The van der Waals surface area contributed by atoms with Crippen LogP contribution in [0.4, 0.5) is 0 Å². The molecule has 0 radical (unpaired) electrons. The maximum atomic E-state index is 13.1. The van der Waals surface area contributed by atoms with Gasteiger partial charge in [0.1, 0.15) is 0 Å². The van der Waals surface area contributed by atoms with Gasteiger partial charge in [-0.1, -0.05) is 30.3 Å². The van der Waals surface area contributed by atoms with Crippen molar-refractivity contribution in [2.24, 2.45) is 0 Å². The predicted octanol–water partition coefficient (Wildman–Crippen LogP) is 2.81. The van der Waals surface area contributed by atoms with Gasteiger partial charge in [0, 0.05) is 37.8 Å². The van der Waals surface area contributed by atoms with Crippen LogP contribution in [-0.2, 0) is 0 Å². The maximum absolute atomic E-state index is 13.1. The summed E-state index contributed by atoms with van der Waals surface area (Å²) in [6.07, 6.45) is 1.28. The number of hydrogen-bond donors (Lipinski definition) is 2. The molecule has 0 bridgehead atoms. The average molecular weight is 425 g/mol. The minimum absolute atomic E-state index is 0.0447. The number of nitrogens with one attached hydrogen (secondary N) is 2. The molecule has 2 heterocycles. The first-order valence-electron chi connectivity index (χ1n) is 11.2.